The van der Waals surface area contributed by atoms with Gasteiger partial charge in [0.2, 0.25) is 5.91 Å². The summed E-state index contributed by atoms with van der Waals surface area (Å²) in [5, 5.41) is 2.08. The van der Waals surface area contributed by atoms with Gasteiger partial charge < -0.3 is 0 Å². The SMILES string of the molecule is O=C(CCCl)NN1c2ccccc2C2CSCCC21. The minimum atomic E-state index is 0.00341. The maximum atomic E-state index is 11.8. The average molecular weight is 297 g/mol. The zero-order valence-corrected chi connectivity index (χ0v) is 12.2. The molecule has 5 heteroatoms. The fraction of sp³-hybridized carbons (Fsp3) is 0.500. The first-order chi connectivity index (χ1) is 9.31. The molecule has 0 spiro atoms. The Bertz CT molecular complexity index is 482. The maximum absolute atomic E-state index is 11.8. The molecule has 3 rings (SSSR count). The summed E-state index contributed by atoms with van der Waals surface area (Å²) in [7, 11) is 0. The van der Waals surface area contributed by atoms with Gasteiger partial charge in [-0.1, -0.05) is 18.2 Å². The first kappa shape index (κ1) is 13.1. The lowest BCUT2D eigenvalue weighted by molar-refractivity contribution is -0.121. The van der Waals surface area contributed by atoms with E-state index in [0.717, 1.165) is 23.6 Å². The second-order valence-corrected chi connectivity index (χ2v) is 6.47. The van der Waals surface area contributed by atoms with Crippen molar-refractivity contribution in [2.45, 2.75) is 24.8 Å². The number of nitrogens with one attached hydrogen (secondary N) is 1. The third-order valence-electron chi connectivity index (χ3n) is 3.81. The molecule has 0 bridgehead atoms. The summed E-state index contributed by atoms with van der Waals surface area (Å²) in [5.74, 6) is 3.21. The number of amides is 1. The molecule has 1 saturated heterocycles. The number of para-hydroxylation sites is 1. The molecule has 2 heterocycles. The Hall–Kier alpha value is -0.870. The summed E-state index contributed by atoms with van der Waals surface area (Å²) in [5.41, 5.74) is 5.56. The van der Waals surface area contributed by atoms with Gasteiger partial charge in [-0.2, -0.15) is 11.8 Å². The van der Waals surface area contributed by atoms with Crippen LogP contribution in [0.4, 0.5) is 5.69 Å². The van der Waals surface area contributed by atoms with Gasteiger partial charge in [0, 0.05) is 24.0 Å². The molecule has 1 N–H and O–H groups in total. The number of rotatable bonds is 3. The van der Waals surface area contributed by atoms with Crippen LogP contribution in [0.15, 0.2) is 24.3 Å². The summed E-state index contributed by atoms with van der Waals surface area (Å²) >= 11 is 7.64. The van der Waals surface area contributed by atoms with Crippen LogP contribution in [-0.4, -0.2) is 29.3 Å². The topological polar surface area (TPSA) is 32.3 Å². The number of anilines is 1. The van der Waals surface area contributed by atoms with Crippen molar-refractivity contribution < 1.29 is 4.79 Å². The fourth-order valence-corrected chi connectivity index (χ4v) is 4.35. The van der Waals surface area contributed by atoms with E-state index in [4.69, 9.17) is 11.6 Å². The van der Waals surface area contributed by atoms with Crippen molar-refractivity contribution in [1.29, 1.82) is 0 Å². The molecule has 0 aromatic heterocycles. The lowest BCUT2D eigenvalue weighted by Crippen LogP contribution is -2.49. The number of halogens is 1. The highest BCUT2D eigenvalue weighted by atomic mass is 35.5. The maximum Gasteiger partial charge on any atom is 0.239 e. The van der Waals surface area contributed by atoms with E-state index in [1.807, 2.05) is 17.8 Å². The summed E-state index contributed by atoms with van der Waals surface area (Å²) < 4.78 is 0. The number of carbonyl (C=O) groups excluding carboxylic acids is 1. The Balaban J connectivity index is 1.87. The van der Waals surface area contributed by atoms with Crippen molar-refractivity contribution in [2.75, 3.05) is 22.4 Å². The number of benzene rings is 1. The Labute approximate surface area is 122 Å². The quantitative estimate of drug-likeness (QED) is 0.871. The number of fused-ring (bicyclic) bond motifs is 3. The first-order valence-electron chi connectivity index (χ1n) is 6.62. The smallest absolute Gasteiger partial charge is 0.239 e. The van der Waals surface area contributed by atoms with Crippen LogP contribution in [0.2, 0.25) is 0 Å². The van der Waals surface area contributed by atoms with Gasteiger partial charge in [-0.15, -0.1) is 11.6 Å². The summed E-state index contributed by atoms with van der Waals surface area (Å²) in [6, 6.07) is 8.80. The highest BCUT2D eigenvalue weighted by molar-refractivity contribution is 7.99. The molecule has 1 fully saturated rings. The molecule has 1 aromatic rings. The van der Waals surface area contributed by atoms with Gasteiger partial charge >= 0.3 is 0 Å². The molecular formula is C14H17ClN2OS. The van der Waals surface area contributed by atoms with Crippen molar-refractivity contribution in [3.8, 4) is 0 Å². The zero-order chi connectivity index (χ0) is 13.2. The van der Waals surface area contributed by atoms with Gasteiger partial charge in [0.05, 0.1) is 11.7 Å². The second kappa shape index (κ2) is 5.63. The monoisotopic (exact) mass is 296 g/mol. The van der Waals surface area contributed by atoms with E-state index in [2.05, 4.69) is 28.6 Å². The van der Waals surface area contributed by atoms with E-state index in [1.54, 1.807) is 0 Å². The molecule has 102 valence electrons. The van der Waals surface area contributed by atoms with E-state index < -0.39 is 0 Å². The van der Waals surface area contributed by atoms with Gasteiger partial charge in [-0.3, -0.25) is 15.2 Å². The van der Waals surface area contributed by atoms with E-state index in [9.17, 15) is 4.79 Å². The third kappa shape index (κ3) is 2.43. The first-order valence-corrected chi connectivity index (χ1v) is 8.31. The summed E-state index contributed by atoms with van der Waals surface area (Å²) in [6.45, 7) is 0. The van der Waals surface area contributed by atoms with Crippen molar-refractivity contribution in [2.24, 2.45) is 0 Å². The van der Waals surface area contributed by atoms with E-state index in [1.165, 1.54) is 5.56 Å². The van der Waals surface area contributed by atoms with Crippen LogP contribution in [0.3, 0.4) is 0 Å². The number of alkyl halides is 1. The molecule has 2 aliphatic rings. The van der Waals surface area contributed by atoms with Crippen LogP contribution in [-0.2, 0) is 4.79 Å². The molecule has 2 atom stereocenters. The number of thioether (sulfide) groups is 1. The highest BCUT2D eigenvalue weighted by Gasteiger charge is 2.40. The van der Waals surface area contributed by atoms with E-state index in [-0.39, 0.29) is 5.91 Å². The molecule has 0 radical (unpaired) electrons. The minimum absolute atomic E-state index is 0.00341. The largest absolute Gasteiger partial charge is 0.282 e. The van der Waals surface area contributed by atoms with Gasteiger partial charge in [0.1, 0.15) is 0 Å². The van der Waals surface area contributed by atoms with Crippen molar-refractivity contribution in [3.05, 3.63) is 29.8 Å². The lowest BCUT2D eigenvalue weighted by Gasteiger charge is -2.33. The Kier molecular flexibility index (Phi) is 3.89. The van der Waals surface area contributed by atoms with Crippen molar-refractivity contribution in [3.63, 3.8) is 0 Å². The molecular weight excluding hydrogens is 280 g/mol. The van der Waals surface area contributed by atoms with Crippen molar-refractivity contribution in [1.82, 2.24) is 5.43 Å². The molecule has 0 aliphatic carbocycles. The third-order valence-corrected chi connectivity index (χ3v) is 5.12. The van der Waals surface area contributed by atoms with Crippen LogP contribution in [0.1, 0.15) is 24.3 Å². The van der Waals surface area contributed by atoms with Crippen LogP contribution < -0.4 is 10.4 Å². The van der Waals surface area contributed by atoms with Crippen LogP contribution in [0, 0.1) is 0 Å². The fourth-order valence-electron chi connectivity index (χ4n) is 2.95. The molecule has 19 heavy (non-hydrogen) atoms. The average Bonchev–Trinajstić information content (AvgIpc) is 2.75. The van der Waals surface area contributed by atoms with E-state index in [0.29, 0.717) is 24.3 Å². The number of carbonyl (C=O) groups is 1. The number of hydrogen-bond acceptors (Lipinski definition) is 3. The normalized spacial score (nSPS) is 24.8. The minimum Gasteiger partial charge on any atom is -0.282 e. The number of hydrazine groups is 1. The molecule has 3 nitrogen and oxygen atoms in total. The Morgan fingerprint density at radius 1 is 1.47 bits per heavy atom. The Morgan fingerprint density at radius 3 is 3.16 bits per heavy atom. The standard InChI is InChI=1S/C14H17ClN2OS/c15-7-5-14(18)16-17-12-4-2-1-3-10(12)11-9-19-8-6-13(11)17/h1-4,11,13H,5-9H2,(H,16,18). The predicted molar refractivity (Wildman–Crippen MR) is 80.9 cm³/mol. The van der Waals surface area contributed by atoms with Crippen molar-refractivity contribution >= 4 is 35.0 Å². The lowest BCUT2D eigenvalue weighted by atomic mass is 9.95. The number of hydrogen-bond donors (Lipinski definition) is 1. The van der Waals surface area contributed by atoms with Gasteiger partial charge in [-0.05, 0) is 23.8 Å². The van der Waals surface area contributed by atoms with E-state index >= 15 is 0 Å². The summed E-state index contributed by atoms with van der Waals surface area (Å²) in [4.78, 5) is 11.8. The van der Waals surface area contributed by atoms with Gasteiger partial charge in [0.25, 0.3) is 0 Å². The summed E-state index contributed by atoms with van der Waals surface area (Å²) in [6.07, 6.45) is 1.48. The predicted octanol–water partition coefficient (Wildman–Crippen LogP) is 2.76. The van der Waals surface area contributed by atoms with Crippen LogP contribution in [0.5, 0.6) is 0 Å². The zero-order valence-electron chi connectivity index (χ0n) is 10.6. The number of nitrogens with zero attached hydrogens (tertiary/aromatic N) is 1. The molecule has 0 saturated carbocycles. The van der Waals surface area contributed by atoms with Gasteiger partial charge in [-0.25, -0.2) is 0 Å². The molecule has 2 aliphatic heterocycles. The molecule has 1 aromatic carbocycles. The van der Waals surface area contributed by atoms with Crippen LogP contribution in [0.25, 0.3) is 0 Å². The second-order valence-electron chi connectivity index (χ2n) is 4.94. The van der Waals surface area contributed by atoms with Crippen LogP contribution >= 0.6 is 23.4 Å². The molecule has 2 unspecified atom stereocenters. The van der Waals surface area contributed by atoms with Gasteiger partial charge in [0.15, 0.2) is 0 Å². The Morgan fingerprint density at radius 2 is 2.32 bits per heavy atom. The highest BCUT2D eigenvalue weighted by Crippen LogP contribution is 2.45. The molecule has 1 amide bonds.